The molecule has 1 heterocycles. The highest BCUT2D eigenvalue weighted by Crippen LogP contribution is 2.29. The maximum absolute atomic E-state index is 12.3. The standard InChI is InChI=1S/C19H19N3O4/c1-22-19(25)14-8-4-3-7-13(14)15(21-22)10-17(23)20-11-12-6-5-9-16(26-2)18(12)24/h3-9,24H,10-11H2,1-2H3,(H,20,23). The molecule has 3 rings (SSSR count). The van der Waals surface area contributed by atoms with Crippen LogP contribution >= 0.6 is 0 Å². The largest absolute Gasteiger partial charge is 0.504 e. The molecule has 7 nitrogen and oxygen atoms in total. The smallest absolute Gasteiger partial charge is 0.274 e. The SMILES string of the molecule is COc1cccc(CNC(=O)Cc2nn(C)c(=O)c3ccccc23)c1O. The number of ether oxygens (including phenoxy) is 1. The molecule has 0 unspecified atom stereocenters. The van der Waals surface area contributed by atoms with Crippen LogP contribution in [0.1, 0.15) is 11.3 Å². The number of nitrogens with zero attached hydrogens (tertiary/aromatic N) is 2. The van der Waals surface area contributed by atoms with E-state index >= 15 is 0 Å². The van der Waals surface area contributed by atoms with E-state index in [2.05, 4.69) is 10.4 Å². The van der Waals surface area contributed by atoms with Crippen molar-refractivity contribution in [3.63, 3.8) is 0 Å². The second-order valence-corrected chi connectivity index (χ2v) is 5.84. The van der Waals surface area contributed by atoms with E-state index < -0.39 is 0 Å². The Hall–Kier alpha value is -3.35. The van der Waals surface area contributed by atoms with Crippen LogP contribution < -0.4 is 15.6 Å². The zero-order chi connectivity index (χ0) is 18.7. The Bertz CT molecular complexity index is 1030. The first kappa shape index (κ1) is 17.5. The topological polar surface area (TPSA) is 93.5 Å². The van der Waals surface area contributed by atoms with E-state index in [0.29, 0.717) is 27.8 Å². The zero-order valence-corrected chi connectivity index (χ0v) is 14.5. The molecule has 0 saturated heterocycles. The van der Waals surface area contributed by atoms with Gasteiger partial charge in [-0.05, 0) is 12.1 Å². The number of aromatic nitrogens is 2. The maximum Gasteiger partial charge on any atom is 0.274 e. The molecule has 0 spiro atoms. The number of fused-ring (bicyclic) bond motifs is 1. The summed E-state index contributed by atoms with van der Waals surface area (Å²) in [5.74, 6) is 0.0898. The van der Waals surface area contributed by atoms with Crippen LogP contribution in [0.4, 0.5) is 0 Å². The first-order valence-corrected chi connectivity index (χ1v) is 8.07. The molecule has 0 bridgehead atoms. The molecule has 0 fully saturated rings. The fourth-order valence-electron chi connectivity index (χ4n) is 2.79. The van der Waals surface area contributed by atoms with E-state index in [9.17, 15) is 14.7 Å². The van der Waals surface area contributed by atoms with Crippen molar-refractivity contribution in [1.82, 2.24) is 15.1 Å². The average Bonchev–Trinajstić information content (AvgIpc) is 2.65. The van der Waals surface area contributed by atoms with Gasteiger partial charge < -0.3 is 15.2 Å². The van der Waals surface area contributed by atoms with E-state index in [1.54, 1.807) is 49.5 Å². The summed E-state index contributed by atoms with van der Waals surface area (Å²) < 4.78 is 6.29. The second kappa shape index (κ2) is 7.26. The van der Waals surface area contributed by atoms with Crippen molar-refractivity contribution in [2.75, 3.05) is 7.11 Å². The van der Waals surface area contributed by atoms with Crippen LogP contribution in [0, 0.1) is 0 Å². The van der Waals surface area contributed by atoms with Crippen LogP contribution in [0.15, 0.2) is 47.3 Å². The van der Waals surface area contributed by atoms with E-state index in [1.807, 2.05) is 0 Å². The number of hydrogen-bond acceptors (Lipinski definition) is 5. The molecule has 1 amide bonds. The van der Waals surface area contributed by atoms with Crippen molar-refractivity contribution in [3.8, 4) is 11.5 Å². The van der Waals surface area contributed by atoms with E-state index in [4.69, 9.17) is 4.74 Å². The van der Waals surface area contributed by atoms with E-state index in [1.165, 1.54) is 11.8 Å². The molecule has 0 radical (unpaired) electrons. The van der Waals surface area contributed by atoms with Gasteiger partial charge in [-0.15, -0.1) is 0 Å². The van der Waals surface area contributed by atoms with Crippen LogP contribution in [0.25, 0.3) is 10.8 Å². The first-order valence-electron chi connectivity index (χ1n) is 8.07. The summed E-state index contributed by atoms with van der Waals surface area (Å²) in [6.45, 7) is 0.158. The Labute approximate surface area is 149 Å². The summed E-state index contributed by atoms with van der Waals surface area (Å²) in [7, 11) is 3.03. The molecule has 2 aromatic carbocycles. The molecular formula is C19H19N3O4. The fraction of sp³-hybridized carbons (Fsp3) is 0.211. The number of para-hydroxylation sites is 1. The van der Waals surface area contributed by atoms with Crippen LogP contribution in [0.3, 0.4) is 0 Å². The normalized spacial score (nSPS) is 10.7. The Kier molecular flexibility index (Phi) is 4.88. The zero-order valence-electron chi connectivity index (χ0n) is 14.5. The van der Waals surface area contributed by atoms with Crippen molar-refractivity contribution in [3.05, 3.63) is 64.1 Å². The highest BCUT2D eigenvalue weighted by Gasteiger charge is 2.13. The summed E-state index contributed by atoms with van der Waals surface area (Å²) in [5, 5.41) is 18.2. The van der Waals surface area contributed by atoms with Gasteiger partial charge in [0.1, 0.15) is 0 Å². The summed E-state index contributed by atoms with van der Waals surface area (Å²) in [4.78, 5) is 24.5. The number of hydrogen-bond donors (Lipinski definition) is 2. The Morgan fingerprint density at radius 2 is 1.92 bits per heavy atom. The Morgan fingerprint density at radius 1 is 1.19 bits per heavy atom. The lowest BCUT2D eigenvalue weighted by Gasteiger charge is -2.11. The third-order valence-electron chi connectivity index (χ3n) is 4.14. The molecule has 2 N–H and O–H groups in total. The fourth-order valence-corrected chi connectivity index (χ4v) is 2.79. The number of aryl methyl sites for hydroxylation is 1. The number of carbonyl (C=O) groups excluding carboxylic acids is 1. The highest BCUT2D eigenvalue weighted by atomic mass is 16.5. The molecule has 7 heteroatoms. The molecular weight excluding hydrogens is 334 g/mol. The lowest BCUT2D eigenvalue weighted by Crippen LogP contribution is -2.27. The number of benzene rings is 2. The van der Waals surface area contributed by atoms with Crippen molar-refractivity contribution in [1.29, 1.82) is 0 Å². The van der Waals surface area contributed by atoms with Gasteiger partial charge in [0.05, 0.1) is 24.6 Å². The van der Waals surface area contributed by atoms with Gasteiger partial charge in [0, 0.05) is 24.5 Å². The third-order valence-corrected chi connectivity index (χ3v) is 4.14. The second-order valence-electron chi connectivity index (χ2n) is 5.84. The lowest BCUT2D eigenvalue weighted by atomic mass is 10.1. The average molecular weight is 353 g/mol. The van der Waals surface area contributed by atoms with Gasteiger partial charge in [0.15, 0.2) is 11.5 Å². The minimum absolute atomic E-state index is 0.000910. The number of phenolic OH excluding ortho intramolecular Hbond substituents is 1. The number of phenols is 1. The number of aromatic hydroxyl groups is 1. The number of carbonyl (C=O) groups is 1. The van der Waals surface area contributed by atoms with Crippen molar-refractivity contribution < 1.29 is 14.6 Å². The van der Waals surface area contributed by atoms with Gasteiger partial charge in [-0.2, -0.15) is 5.10 Å². The van der Waals surface area contributed by atoms with Gasteiger partial charge >= 0.3 is 0 Å². The van der Waals surface area contributed by atoms with Crippen LogP contribution in [0.2, 0.25) is 0 Å². The summed E-state index contributed by atoms with van der Waals surface area (Å²) in [6.07, 6.45) is 0.0271. The predicted octanol–water partition coefficient (Wildman–Crippen LogP) is 1.51. The van der Waals surface area contributed by atoms with Crippen LogP contribution in [-0.4, -0.2) is 27.9 Å². The van der Waals surface area contributed by atoms with E-state index in [0.717, 1.165) is 0 Å². The summed E-state index contributed by atoms with van der Waals surface area (Å²) >= 11 is 0. The minimum Gasteiger partial charge on any atom is -0.504 e. The molecule has 0 aliphatic rings. The summed E-state index contributed by atoms with van der Waals surface area (Å²) in [5.41, 5.74) is 0.872. The predicted molar refractivity (Wildman–Crippen MR) is 97.2 cm³/mol. The van der Waals surface area contributed by atoms with E-state index in [-0.39, 0.29) is 30.2 Å². The van der Waals surface area contributed by atoms with Crippen molar-refractivity contribution in [2.45, 2.75) is 13.0 Å². The molecule has 3 aromatic rings. The van der Waals surface area contributed by atoms with Crippen molar-refractivity contribution in [2.24, 2.45) is 7.05 Å². The molecule has 0 aliphatic carbocycles. The third kappa shape index (κ3) is 3.37. The quantitative estimate of drug-likeness (QED) is 0.725. The number of methoxy groups -OCH3 is 1. The summed E-state index contributed by atoms with van der Waals surface area (Å²) in [6, 6.07) is 12.2. The van der Waals surface area contributed by atoms with Gasteiger partial charge in [0.25, 0.3) is 5.56 Å². The molecule has 26 heavy (non-hydrogen) atoms. The highest BCUT2D eigenvalue weighted by molar-refractivity contribution is 5.88. The molecule has 0 atom stereocenters. The van der Waals surface area contributed by atoms with Crippen LogP contribution in [-0.2, 0) is 24.8 Å². The Morgan fingerprint density at radius 3 is 2.65 bits per heavy atom. The van der Waals surface area contributed by atoms with Gasteiger partial charge in [-0.25, -0.2) is 4.68 Å². The molecule has 134 valence electrons. The van der Waals surface area contributed by atoms with Crippen molar-refractivity contribution >= 4 is 16.7 Å². The Balaban J connectivity index is 1.78. The van der Waals surface area contributed by atoms with Crippen LogP contribution in [0.5, 0.6) is 11.5 Å². The number of amides is 1. The lowest BCUT2D eigenvalue weighted by molar-refractivity contribution is -0.120. The number of nitrogens with one attached hydrogen (secondary N) is 1. The minimum atomic E-state index is -0.261. The first-order chi connectivity index (χ1) is 12.5. The van der Waals surface area contributed by atoms with Gasteiger partial charge in [-0.3, -0.25) is 9.59 Å². The molecule has 0 saturated carbocycles. The number of rotatable bonds is 5. The van der Waals surface area contributed by atoms with Gasteiger partial charge in [0.2, 0.25) is 5.91 Å². The maximum atomic E-state index is 12.3. The van der Waals surface area contributed by atoms with Gasteiger partial charge in [-0.1, -0.05) is 30.3 Å². The monoisotopic (exact) mass is 353 g/mol. The molecule has 0 aliphatic heterocycles. The molecule has 1 aromatic heterocycles.